The SMILES string of the molecule is COC(=O)c1cc2oc(C3C4=C(CC(C)(C)CC4=O)OC4=C3C(=O)CC(C)(C)C4)cc2[nH]1. The van der Waals surface area contributed by atoms with Crippen LogP contribution in [0.15, 0.2) is 39.2 Å². The number of ketones is 2. The maximum absolute atomic E-state index is 13.3. The van der Waals surface area contributed by atoms with Gasteiger partial charge in [0.1, 0.15) is 23.0 Å². The molecule has 7 heteroatoms. The van der Waals surface area contributed by atoms with Crippen molar-refractivity contribution >= 4 is 28.6 Å². The second-order valence-electron chi connectivity index (χ2n) is 10.7. The first-order valence-electron chi connectivity index (χ1n) is 10.9. The number of aromatic amines is 1. The fraction of sp³-hybridized carbons (Fsp3) is 0.480. The molecule has 1 N–H and O–H groups in total. The zero-order valence-electron chi connectivity index (χ0n) is 19.0. The summed E-state index contributed by atoms with van der Waals surface area (Å²) in [7, 11) is 1.31. The summed E-state index contributed by atoms with van der Waals surface area (Å²) in [5, 5.41) is 0. The molecular weight excluding hydrogens is 410 g/mol. The Balaban J connectivity index is 1.67. The van der Waals surface area contributed by atoms with Gasteiger partial charge in [-0.3, -0.25) is 9.59 Å². The van der Waals surface area contributed by atoms with E-state index in [0.29, 0.717) is 65.2 Å². The average molecular weight is 437 g/mol. The Morgan fingerprint density at radius 3 is 2.03 bits per heavy atom. The maximum atomic E-state index is 13.3. The van der Waals surface area contributed by atoms with Crippen LogP contribution < -0.4 is 0 Å². The Kier molecular flexibility index (Phi) is 4.36. The topological polar surface area (TPSA) is 98.6 Å². The normalized spacial score (nSPS) is 22.7. The molecule has 3 aliphatic rings. The van der Waals surface area contributed by atoms with Gasteiger partial charge in [-0.2, -0.15) is 0 Å². The molecule has 168 valence electrons. The number of carbonyl (C=O) groups excluding carboxylic acids is 3. The van der Waals surface area contributed by atoms with Crippen LogP contribution in [0.1, 0.15) is 75.5 Å². The Morgan fingerprint density at radius 2 is 1.53 bits per heavy atom. The molecule has 1 aliphatic heterocycles. The van der Waals surface area contributed by atoms with Gasteiger partial charge in [0, 0.05) is 49.0 Å². The lowest BCUT2D eigenvalue weighted by molar-refractivity contribution is -0.120. The van der Waals surface area contributed by atoms with E-state index in [4.69, 9.17) is 13.9 Å². The molecule has 2 aromatic heterocycles. The minimum Gasteiger partial charge on any atom is -0.465 e. The number of hydrogen-bond acceptors (Lipinski definition) is 6. The Hall–Kier alpha value is -3.09. The summed E-state index contributed by atoms with van der Waals surface area (Å²) in [4.78, 5) is 41.4. The van der Waals surface area contributed by atoms with E-state index in [1.54, 1.807) is 12.1 Å². The van der Waals surface area contributed by atoms with Crippen molar-refractivity contribution in [2.45, 2.75) is 59.3 Å². The first-order valence-corrected chi connectivity index (χ1v) is 10.9. The summed E-state index contributed by atoms with van der Waals surface area (Å²) in [6, 6.07) is 3.35. The Bertz CT molecular complexity index is 1160. The number of methoxy groups -OCH3 is 1. The predicted octanol–water partition coefficient (Wildman–Crippen LogP) is 4.95. The zero-order chi connectivity index (χ0) is 23.0. The van der Waals surface area contributed by atoms with Crippen LogP contribution in [-0.4, -0.2) is 29.6 Å². The Labute approximate surface area is 185 Å². The fourth-order valence-electron chi connectivity index (χ4n) is 5.26. The third-order valence-corrected chi connectivity index (χ3v) is 6.60. The average Bonchev–Trinajstić information content (AvgIpc) is 3.22. The third kappa shape index (κ3) is 3.22. The van der Waals surface area contributed by atoms with E-state index in [1.807, 2.05) is 0 Å². The summed E-state index contributed by atoms with van der Waals surface area (Å²) in [6.45, 7) is 8.21. The summed E-state index contributed by atoms with van der Waals surface area (Å²) < 4.78 is 17.2. The van der Waals surface area contributed by atoms with Gasteiger partial charge in [-0.15, -0.1) is 0 Å². The van der Waals surface area contributed by atoms with E-state index in [-0.39, 0.29) is 28.1 Å². The highest BCUT2D eigenvalue weighted by atomic mass is 16.5. The number of aromatic nitrogens is 1. The van der Waals surface area contributed by atoms with Crippen LogP contribution in [0.3, 0.4) is 0 Å². The highest BCUT2D eigenvalue weighted by Gasteiger charge is 2.48. The first-order chi connectivity index (χ1) is 15.0. The molecule has 5 rings (SSSR count). The van der Waals surface area contributed by atoms with Crippen molar-refractivity contribution in [3.8, 4) is 0 Å². The minimum absolute atomic E-state index is 0.0132. The van der Waals surface area contributed by atoms with Gasteiger partial charge in [0.2, 0.25) is 0 Å². The van der Waals surface area contributed by atoms with Crippen LogP contribution in [0.5, 0.6) is 0 Å². The number of carbonyl (C=O) groups is 3. The molecule has 0 aromatic carbocycles. The molecule has 0 saturated heterocycles. The molecule has 0 atom stereocenters. The second-order valence-corrected chi connectivity index (χ2v) is 10.7. The number of Topliss-reactive ketones (excluding diaryl/α,β-unsaturated/α-hetero) is 2. The molecule has 7 nitrogen and oxygen atoms in total. The smallest absolute Gasteiger partial charge is 0.354 e. The van der Waals surface area contributed by atoms with Crippen molar-refractivity contribution < 1.29 is 28.3 Å². The van der Waals surface area contributed by atoms with Crippen LogP contribution in [0.2, 0.25) is 0 Å². The lowest BCUT2D eigenvalue weighted by atomic mass is 9.66. The van der Waals surface area contributed by atoms with Crippen LogP contribution in [0.4, 0.5) is 0 Å². The first kappa shape index (κ1) is 20.8. The van der Waals surface area contributed by atoms with E-state index < -0.39 is 11.9 Å². The van der Waals surface area contributed by atoms with Crippen LogP contribution in [0, 0.1) is 10.8 Å². The number of furan rings is 1. The molecule has 0 fully saturated rings. The van der Waals surface area contributed by atoms with E-state index in [9.17, 15) is 14.4 Å². The quantitative estimate of drug-likeness (QED) is 0.668. The van der Waals surface area contributed by atoms with Gasteiger partial charge >= 0.3 is 5.97 Å². The number of ether oxygens (including phenoxy) is 2. The molecule has 0 radical (unpaired) electrons. The minimum atomic E-state index is -0.594. The summed E-state index contributed by atoms with van der Waals surface area (Å²) in [6.07, 6.45) is 2.03. The molecule has 0 spiro atoms. The van der Waals surface area contributed by atoms with Crippen LogP contribution in [0.25, 0.3) is 11.1 Å². The van der Waals surface area contributed by atoms with E-state index in [1.165, 1.54) is 7.11 Å². The van der Waals surface area contributed by atoms with Gasteiger partial charge < -0.3 is 18.9 Å². The fourth-order valence-corrected chi connectivity index (χ4v) is 5.26. The van der Waals surface area contributed by atoms with Gasteiger partial charge in [0.15, 0.2) is 17.1 Å². The monoisotopic (exact) mass is 437 g/mol. The van der Waals surface area contributed by atoms with Crippen LogP contribution in [-0.2, 0) is 19.1 Å². The van der Waals surface area contributed by atoms with Gasteiger partial charge in [-0.25, -0.2) is 4.79 Å². The number of esters is 1. The van der Waals surface area contributed by atoms with Gasteiger partial charge in [0.05, 0.1) is 18.5 Å². The predicted molar refractivity (Wildman–Crippen MR) is 116 cm³/mol. The molecule has 3 heterocycles. The standard InChI is InChI=1S/C25H27NO6/c1-24(2)8-14(27)20-18(10-24)32-19-11-25(3,4)9-15(28)21(19)22(20)17-6-12-16(31-17)7-13(26-12)23(29)30-5/h6-7,22,26H,8-11H2,1-5H3. The largest absolute Gasteiger partial charge is 0.465 e. The number of H-pyrrole nitrogens is 1. The van der Waals surface area contributed by atoms with Crippen LogP contribution >= 0.6 is 0 Å². The van der Waals surface area contributed by atoms with Crippen molar-refractivity contribution in [2.75, 3.05) is 7.11 Å². The van der Waals surface area contributed by atoms with Gasteiger partial charge in [0.25, 0.3) is 0 Å². The van der Waals surface area contributed by atoms with E-state index in [2.05, 4.69) is 32.7 Å². The van der Waals surface area contributed by atoms with Gasteiger partial charge in [-0.1, -0.05) is 27.7 Å². The number of hydrogen-bond donors (Lipinski definition) is 1. The van der Waals surface area contributed by atoms with E-state index in [0.717, 1.165) is 0 Å². The van der Waals surface area contributed by atoms with E-state index >= 15 is 0 Å². The Morgan fingerprint density at radius 1 is 0.969 bits per heavy atom. The molecule has 0 saturated carbocycles. The van der Waals surface area contributed by atoms with Crippen molar-refractivity contribution in [3.05, 3.63) is 46.3 Å². The molecule has 2 aliphatic carbocycles. The molecule has 0 amide bonds. The van der Waals surface area contributed by atoms with Crippen molar-refractivity contribution in [2.24, 2.45) is 10.8 Å². The maximum Gasteiger partial charge on any atom is 0.354 e. The summed E-state index contributed by atoms with van der Waals surface area (Å²) >= 11 is 0. The number of allylic oxidation sites excluding steroid dienone is 4. The van der Waals surface area contributed by atoms with Gasteiger partial charge in [-0.05, 0) is 10.8 Å². The lowest BCUT2D eigenvalue weighted by Crippen LogP contribution is -2.37. The lowest BCUT2D eigenvalue weighted by Gasteiger charge is -2.42. The molecule has 0 unspecified atom stereocenters. The van der Waals surface area contributed by atoms with Crippen molar-refractivity contribution in [1.82, 2.24) is 4.98 Å². The zero-order valence-corrected chi connectivity index (χ0v) is 19.0. The molecular formula is C25H27NO6. The highest BCUT2D eigenvalue weighted by Crippen LogP contribution is 2.53. The summed E-state index contributed by atoms with van der Waals surface area (Å²) in [5.74, 6) is 0.692. The second kappa shape index (κ2) is 6.70. The molecule has 2 aromatic rings. The summed E-state index contributed by atoms with van der Waals surface area (Å²) in [5.41, 5.74) is 2.01. The van der Waals surface area contributed by atoms with Crippen molar-refractivity contribution in [1.29, 1.82) is 0 Å². The highest BCUT2D eigenvalue weighted by molar-refractivity contribution is 6.06. The number of rotatable bonds is 2. The third-order valence-electron chi connectivity index (χ3n) is 6.60. The molecule has 32 heavy (non-hydrogen) atoms. The number of fused-ring (bicyclic) bond motifs is 1. The molecule has 0 bridgehead atoms. The van der Waals surface area contributed by atoms with Crippen molar-refractivity contribution in [3.63, 3.8) is 0 Å². The number of nitrogens with one attached hydrogen (secondary N) is 1.